The van der Waals surface area contributed by atoms with Crippen molar-refractivity contribution in [3.8, 4) is 11.5 Å². The molecule has 2 aromatic carbocycles. The largest absolute Gasteiger partial charge is 0.493 e. The summed E-state index contributed by atoms with van der Waals surface area (Å²) in [6.07, 6.45) is 0.982. The van der Waals surface area contributed by atoms with Gasteiger partial charge in [-0.3, -0.25) is 9.89 Å². The maximum absolute atomic E-state index is 13.7. The van der Waals surface area contributed by atoms with Gasteiger partial charge in [0.15, 0.2) is 17.5 Å². The SMILES string of the molecule is CN=C(NCCN1CCc2cc(OC)c(OC)cc2C1)NCc1ccccc1F.I. The Morgan fingerprint density at radius 2 is 1.80 bits per heavy atom. The van der Waals surface area contributed by atoms with Crippen molar-refractivity contribution in [1.82, 2.24) is 15.5 Å². The second-order valence-electron chi connectivity index (χ2n) is 6.95. The summed E-state index contributed by atoms with van der Waals surface area (Å²) in [6, 6.07) is 10.9. The van der Waals surface area contributed by atoms with Gasteiger partial charge in [-0.15, -0.1) is 24.0 Å². The van der Waals surface area contributed by atoms with E-state index in [1.54, 1.807) is 33.4 Å². The Hall–Kier alpha value is -2.07. The zero-order valence-corrected chi connectivity index (χ0v) is 20.0. The fourth-order valence-electron chi connectivity index (χ4n) is 3.51. The molecule has 0 saturated heterocycles. The molecule has 2 N–H and O–H groups in total. The van der Waals surface area contributed by atoms with Crippen LogP contribution in [0.2, 0.25) is 0 Å². The van der Waals surface area contributed by atoms with Gasteiger partial charge < -0.3 is 20.1 Å². The van der Waals surface area contributed by atoms with Gasteiger partial charge in [0, 0.05) is 45.3 Å². The number of halogens is 2. The normalized spacial score (nSPS) is 13.8. The van der Waals surface area contributed by atoms with E-state index < -0.39 is 0 Å². The second-order valence-corrected chi connectivity index (χ2v) is 6.95. The van der Waals surface area contributed by atoms with E-state index in [9.17, 15) is 4.39 Å². The van der Waals surface area contributed by atoms with Gasteiger partial charge in [-0.05, 0) is 35.7 Å². The number of aliphatic imine (C=N–C) groups is 1. The molecule has 2 aromatic rings. The summed E-state index contributed by atoms with van der Waals surface area (Å²) in [6.45, 7) is 3.89. The van der Waals surface area contributed by atoms with E-state index in [0.717, 1.165) is 44.1 Å². The van der Waals surface area contributed by atoms with Crippen molar-refractivity contribution in [1.29, 1.82) is 0 Å². The van der Waals surface area contributed by atoms with Gasteiger partial charge in [-0.2, -0.15) is 0 Å². The van der Waals surface area contributed by atoms with Crippen LogP contribution in [0.3, 0.4) is 0 Å². The minimum atomic E-state index is -0.213. The summed E-state index contributed by atoms with van der Waals surface area (Å²) in [7, 11) is 5.04. The molecule has 0 saturated carbocycles. The number of nitrogens with one attached hydrogen (secondary N) is 2. The Balaban J connectivity index is 0.00000320. The highest BCUT2D eigenvalue weighted by molar-refractivity contribution is 14.0. The number of ether oxygens (including phenoxy) is 2. The van der Waals surface area contributed by atoms with Crippen LogP contribution >= 0.6 is 24.0 Å². The Kier molecular flexibility index (Phi) is 9.64. The minimum absolute atomic E-state index is 0. The fourth-order valence-corrected chi connectivity index (χ4v) is 3.51. The molecule has 1 heterocycles. The van der Waals surface area contributed by atoms with Gasteiger partial charge >= 0.3 is 0 Å². The van der Waals surface area contributed by atoms with Gasteiger partial charge in [0.25, 0.3) is 0 Å². The highest BCUT2D eigenvalue weighted by Crippen LogP contribution is 2.33. The molecule has 0 aliphatic carbocycles. The van der Waals surface area contributed by atoms with Gasteiger partial charge in [0.2, 0.25) is 0 Å². The third-order valence-electron chi connectivity index (χ3n) is 5.15. The van der Waals surface area contributed by atoms with Crippen molar-refractivity contribution in [3.63, 3.8) is 0 Å². The maximum Gasteiger partial charge on any atom is 0.191 e. The van der Waals surface area contributed by atoms with Crippen molar-refractivity contribution in [3.05, 3.63) is 58.9 Å². The second kappa shape index (κ2) is 11.9. The number of guanidine groups is 1. The van der Waals surface area contributed by atoms with Crippen LogP contribution in [0, 0.1) is 5.82 Å². The molecule has 0 amide bonds. The lowest BCUT2D eigenvalue weighted by atomic mass is 9.99. The summed E-state index contributed by atoms with van der Waals surface area (Å²) in [5.74, 6) is 2.00. The van der Waals surface area contributed by atoms with Crippen molar-refractivity contribution in [2.45, 2.75) is 19.5 Å². The van der Waals surface area contributed by atoms with E-state index in [1.165, 1.54) is 17.2 Å². The first kappa shape index (κ1) is 24.2. The summed E-state index contributed by atoms with van der Waals surface area (Å²) in [5.41, 5.74) is 3.21. The number of benzene rings is 2. The van der Waals surface area contributed by atoms with E-state index in [2.05, 4.69) is 32.7 Å². The van der Waals surface area contributed by atoms with E-state index in [0.29, 0.717) is 18.1 Å². The third-order valence-corrected chi connectivity index (χ3v) is 5.15. The lowest BCUT2D eigenvalue weighted by Crippen LogP contribution is -2.42. The van der Waals surface area contributed by atoms with E-state index in [1.807, 2.05) is 6.07 Å². The summed E-state index contributed by atoms with van der Waals surface area (Å²) < 4.78 is 24.6. The van der Waals surface area contributed by atoms with Gasteiger partial charge in [-0.25, -0.2) is 4.39 Å². The quantitative estimate of drug-likeness (QED) is 0.329. The number of rotatable bonds is 7. The molecule has 0 radical (unpaired) electrons. The van der Waals surface area contributed by atoms with Crippen LogP contribution in [-0.4, -0.2) is 51.8 Å². The zero-order chi connectivity index (χ0) is 20.6. The molecule has 8 heteroatoms. The lowest BCUT2D eigenvalue weighted by Gasteiger charge is -2.29. The topological polar surface area (TPSA) is 58.1 Å². The van der Waals surface area contributed by atoms with Crippen LogP contribution in [0.15, 0.2) is 41.4 Å². The van der Waals surface area contributed by atoms with E-state index >= 15 is 0 Å². The molecule has 1 aliphatic heterocycles. The molecule has 0 spiro atoms. The molecule has 3 rings (SSSR count). The predicted octanol–water partition coefficient (Wildman–Crippen LogP) is 3.18. The van der Waals surface area contributed by atoms with Crippen LogP contribution in [0.4, 0.5) is 4.39 Å². The Morgan fingerprint density at radius 3 is 2.47 bits per heavy atom. The highest BCUT2D eigenvalue weighted by Gasteiger charge is 2.19. The molecular weight excluding hydrogens is 498 g/mol. The van der Waals surface area contributed by atoms with Crippen LogP contribution in [0.25, 0.3) is 0 Å². The van der Waals surface area contributed by atoms with E-state index in [-0.39, 0.29) is 29.8 Å². The highest BCUT2D eigenvalue weighted by atomic mass is 127. The summed E-state index contributed by atoms with van der Waals surface area (Å²) in [5, 5.41) is 6.46. The average molecular weight is 528 g/mol. The van der Waals surface area contributed by atoms with Crippen molar-refractivity contribution >= 4 is 29.9 Å². The molecule has 0 unspecified atom stereocenters. The molecule has 164 valence electrons. The molecule has 1 aliphatic rings. The summed E-state index contributed by atoms with van der Waals surface area (Å²) in [4.78, 5) is 6.61. The third kappa shape index (κ3) is 6.21. The summed E-state index contributed by atoms with van der Waals surface area (Å²) >= 11 is 0. The van der Waals surface area contributed by atoms with Crippen molar-refractivity contribution in [2.24, 2.45) is 4.99 Å². The monoisotopic (exact) mass is 528 g/mol. The Morgan fingerprint density at radius 1 is 1.10 bits per heavy atom. The van der Waals surface area contributed by atoms with Crippen LogP contribution in [-0.2, 0) is 19.5 Å². The number of hydrogen-bond acceptors (Lipinski definition) is 4. The lowest BCUT2D eigenvalue weighted by molar-refractivity contribution is 0.256. The number of nitrogens with zero attached hydrogens (tertiary/aromatic N) is 2. The number of methoxy groups -OCH3 is 2. The molecule has 6 nitrogen and oxygen atoms in total. The van der Waals surface area contributed by atoms with Gasteiger partial charge in [0.05, 0.1) is 14.2 Å². The fraction of sp³-hybridized carbons (Fsp3) is 0.409. The van der Waals surface area contributed by atoms with Gasteiger partial charge in [0.1, 0.15) is 5.82 Å². The first-order chi connectivity index (χ1) is 14.1. The smallest absolute Gasteiger partial charge is 0.191 e. The molecule has 0 bridgehead atoms. The van der Waals surface area contributed by atoms with Crippen molar-refractivity contribution in [2.75, 3.05) is 40.9 Å². The number of fused-ring (bicyclic) bond motifs is 1. The molecule has 0 atom stereocenters. The number of hydrogen-bond donors (Lipinski definition) is 2. The van der Waals surface area contributed by atoms with Gasteiger partial charge in [-0.1, -0.05) is 18.2 Å². The van der Waals surface area contributed by atoms with E-state index in [4.69, 9.17) is 9.47 Å². The Labute approximate surface area is 194 Å². The standard InChI is InChI=1S/C22H29FN4O2.HI/c1-24-22(26-14-17-6-4-5-7-19(17)23)25-9-11-27-10-8-16-12-20(28-2)21(29-3)13-18(16)15-27;/h4-7,12-13H,8-11,14-15H2,1-3H3,(H2,24,25,26);1H. The molecule has 0 fully saturated rings. The van der Waals surface area contributed by atoms with Crippen LogP contribution < -0.4 is 20.1 Å². The molecule has 30 heavy (non-hydrogen) atoms. The zero-order valence-electron chi connectivity index (χ0n) is 17.7. The minimum Gasteiger partial charge on any atom is -0.493 e. The average Bonchev–Trinajstić information content (AvgIpc) is 2.75. The first-order valence-corrected chi connectivity index (χ1v) is 9.78. The van der Waals surface area contributed by atoms with Crippen LogP contribution in [0.1, 0.15) is 16.7 Å². The first-order valence-electron chi connectivity index (χ1n) is 9.78. The van der Waals surface area contributed by atoms with Crippen molar-refractivity contribution < 1.29 is 13.9 Å². The van der Waals surface area contributed by atoms with Crippen LogP contribution in [0.5, 0.6) is 11.5 Å². The Bertz CT molecular complexity index is 863. The predicted molar refractivity (Wildman–Crippen MR) is 129 cm³/mol. The molecule has 0 aromatic heterocycles. The maximum atomic E-state index is 13.7. The molecular formula is C22H30FIN4O2.